The second-order valence-corrected chi connectivity index (χ2v) is 16.8. The monoisotopic (exact) mass is 768 g/mol. The lowest BCUT2D eigenvalue weighted by molar-refractivity contribution is -0.128. The molecule has 1 saturated carbocycles. The average Bonchev–Trinajstić information content (AvgIpc) is 3.84. The van der Waals surface area contributed by atoms with Gasteiger partial charge in [0.2, 0.25) is 15.9 Å². The minimum absolute atomic E-state index is 0.0599. The van der Waals surface area contributed by atoms with Crippen molar-refractivity contribution >= 4 is 39.1 Å². The topological polar surface area (TPSA) is 156 Å². The first kappa shape index (κ1) is 39.8. The number of carbonyl (C=O) groups excluding carboxylic acids is 2. The Morgan fingerprint density at radius 1 is 1.02 bits per heavy atom. The van der Waals surface area contributed by atoms with Gasteiger partial charge in [-0.3, -0.25) is 9.78 Å². The number of benzene rings is 3. The van der Waals surface area contributed by atoms with E-state index in [4.69, 9.17) is 5.21 Å². The summed E-state index contributed by atoms with van der Waals surface area (Å²) in [5.41, 5.74) is 3.17. The summed E-state index contributed by atoms with van der Waals surface area (Å²) in [6.45, 7) is 5.10. The van der Waals surface area contributed by atoms with Crippen LogP contribution in [0.4, 0.5) is 4.79 Å². The Kier molecular flexibility index (Phi) is 13.2. The van der Waals surface area contributed by atoms with Gasteiger partial charge >= 0.3 is 6.03 Å². The fraction of sp³-hybridized carbons (Fsp3) is 0.429. The molecule has 3 amide bonds. The van der Waals surface area contributed by atoms with Crippen LogP contribution in [0.5, 0.6) is 0 Å². The molecular weight excluding hydrogens is 717 g/mol. The Labute approximate surface area is 323 Å². The molecule has 3 aromatic carbocycles. The highest BCUT2D eigenvalue weighted by Gasteiger charge is 2.41. The van der Waals surface area contributed by atoms with Gasteiger partial charge in [-0.15, -0.1) is 0 Å². The van der Waals surface area contributed by atoms with E-state index in [2.05, 4.69) is 15.5 Å². The van der Waals surface area contributed by atoms with Gasteiger partial charge in [0.25, 0.3) is 0 Å². The predicted octanol–water partition coefficient (Wildman–Crippen LogP) is 5.66. The summed E-state index contributed by atoms with van der Waals surface area (Å²) >= 11 is 0. The number of urea groups is 1. The molecule has 6 rings (SSSR count). The summed E-state index contributed by atoms with van der Waals surface area (Å²) in [5, 5.41) is 28.1. The lowest BCUT2D eigenvalue weighted by Gasteiger charge is -2.35. The number of para-hydroxylation sites is 1. The minimum Gasteiger partial charge on any atom is -0.411 e. The number of fused-ring (bicyclic) bond motifs is 1. The van der Waals surface area contributed by atoms with Crippen LogP contribution in [0, 0.1) is 11.8 Å². The molecule has 13 heteroatoms. The van der Waals surface area contributed by atoms with Crippen molar-refractivity contribution in [1.82, 2.24) is 24.4 Å². The van der Waals surface area contributed by atoms with E-state index in [1.807, 2.05) is 74.5 Å². The predicted molar refractivity (Wildman–Crippen MR) is 212 cm³/mol. The summed E-state index contributed by atoms with van der Waals surface area (Å²) in [5.74, 6) is -0.438. The zero-order valence-corrected chi connectivity index (χ0v) is 32.4. The second kappa shape index (κ2) is 18.2. The van der Waals surface area contributed by atoms with Gasteiger partial charge in [-0.05, 0) is 66.0 Å². The van der Waals surface area contributed by atoms with Crippen LogP contribution in [0.2, 0.25) is 0 Å². The normalized spacial score (nSPS) is 17.6. The number of aliphatic hydroxyl groups is 1. The smallest absolute Gasteiger partial charge is 0.321 e. The first-order valence-corrected chi connectivity index (χ1v) is 20.7. The van der Waals surface area contributed by atoms with E-state index in [-0.39, 0.29) is 48.2 Å². The van der Waals surface area contributed by atoms with E-state index in [9.17, 15) is 23.1 Å². The maximum absolute atomic E-state index is 14.5. The summed E-state index contributed by atoms with van der Waals surface area (Å²) in [6.07, 6.45) is 6.40. The van der Waals surface area contributed by atoms with Crippen molar-refractivity contribution in [3.05, 3.63) is 108 Å². The van der Waals surface area contributed by atoms with Crippen LogP contribution in [0.3, 0.4) is 0 Å². The van der Waals surface area contributed by atoms with Crippen molar-refractivity contribution in [2.45, 2.75) is 82.0 Å². The van der Waals surface area contributed by atoms with Crippen LogP contribution < -0.4 is 5.32 Å². The third-order valence-corrected chi connectivity index (χ3v) is 13.0. The summed E-state index contributed by atoms with van der Waals surface area (Å²) in [6, 6.07) is 23.4. The van der Waals surface area contributed by atoms with Gasteiger partial charge in [-0.2, -0.15) is 4.31 Å². The molecule has 292 valence electrons. The van der Waals surface area contributed by atoms with Crippen LogP contribution in [0.15, 0.2) is 101 Å². The van der Waals surface area contributed by atoms with Crippen molar-refractivity contribution in [3.8, 4) is 0 Å². The number of hydrogen-bond donors (Lipinski definition) is 3. The van der Waals surface area contributed by atoms with Gasteiger partial charge in [0.05, 0.1) is 28.8 Å². The number of oxime groups is 1. The standard InChI is InChI=1S/C42H52N6O6S/c1-3-30(2)40(48-24-23-46(42(48)51)28-35-16-9-15-34-17-10-22-43-39(34)35)41(50)45-37(25-31-11-5-4-6-12-31)38(49)29-47(27-33-13-7-8-14-33)55(53,54)36-20-18-32(19-21-36)26-44-52/h4-6,9-12,15-22,26,30,33,37-38,40,49,52H,3,7-8,13-14,23-25,27-29H2,1-2H3,(H,45,50)/b44-26+/t30?,37-,38+,40?/m0/s1. The molecule has 1 aliphatic heterocycles. The summed E-state index contributed by atoms with van der Waals surface area (Å²) in [7, 11) is -4.06. The number of rotatable bonds is 17. The zero-order chi connectivity index (χ0) is 39.0. The zero-order valence-electron chi connectivity index (χ0n) is 31.6. The van der Waals surface area contributed by atoms with Gasteiger partial charge in [0.1, 0.15) is 6.04 Å². The van der Waals surface area contributed by atoms with Gasteiger partial charge in [-0.1, -0.05) is 105 Å². The maximum atomic E-state index is 14.5. The lowest BCUT2D eigenvalue weighted by Crippen LogP contribution is -2.57. The average molecular weight is 769 g/mol. The first-order chi connectivity index (χ1) is 26.6. The van der Waals surface area contributed by atoms with Crippen LogP contribution in [-0.4, -0.2) is 100 Å². The van der Waals surface area contributed by atoms with Crippen molar-refractivity contribution in [1.29, 1.82) is 0 Å². The molecular formula is C42H52N6O6S. The van der Waals surface area contributed by atoms with Gasteiger partial charge in [0, 0.05) is 44.3 Å². The Morgan fingerprint density at radius 2 is 1.75 bits per heavy atom. The summed E-state index contributed by atoms with van der Waals surface area (Å²) < 4.78 is 29.8. The number of aliphatic hydroxyl groups excluding tert-OH is 1. The molecule has 3 N–H and O–H groups in total. The molecule has 1 saturated heterocycles. The third-order valence-electron chi connectivity index (χ3n) is 11.1. The molecule has 0 spiro atoms. The highest BCUT2D eigenvalue weighted by atomic mass is 32.2. The van der Waals surface area contributed by atoms with Gasteiger partial charge in [-0.25, -0.2) is 13.2 Å². The number of carbonyl (C=O) groups is 2. The lowest BCUT2D eigenvalue weighted by atomic mass is 9.95. The second-order valence-electron chi connectivity index (χ2n) is 14.9. The molecule has 2 heterocycles. The quantitative estimate of drug-likeness (QED) is 0.0711. The molecule has 55 heavy (non-hydrogen) atoms. The number of nitrogens with one attached hydrogen (secondary N) is 1. The van der Waals surface area contributed by atoms with Crippen LogP contribution in [0.1, 0.15) is 62.6 Å². The van der Waals surface area contributed by atoms with Gasteiger partial charge < -0.3 is 25.4 Å². The number of nitrogens with zero attached hydrogens (tertiary/aromatic N) is 5. The molecule has 4 atom stereocenters. The van der Waals surface area contributed by atoms with E-state index >= 15 is 0 Å². The van der Waals surface area contributed by atoms with Crippen molar-refractivity contribution < 1.29 is 28.3 Å². The maximum Gasteiger partial charge on any atom is 0.321 e. The SMILES string of the molecule is CCC(C)C(C(=O)N[C@@H](Cc1ccccc1)[C@H](O)CN(CC1CCCC1)S(=O)(=O)c1ccc(/C=N/O)cc1)N1CCN(Cc2cccc3cccnc23)C1=O. The molecule has 2 fully saturated rings. The fourth-order valence-corrected chi connectivity index (χ4v) is 9.42. The van der Waals surface area contributed by atoms with Crippen molar-refractivity contribution in [3.63, 3.8) is 0 Å². The van der Waals surface area contributed by atoms with Crippen LogP contribution in [-0.2, 0) is 27.8 Å². The highest BCUT2D eigenvalue weighted by Crippen LogP contribution is 2.29. The molecule has 2 unspecified atom stereocenters. The van der Waals surface area contributed by atoms with E-state index in [1.54, 1.807) is 28.1 Å². The van der Waals surface area contributed by atoms with Crippen molar-refractivity contribution in [2.75, 3.05) is 26.2 Å². The Hall–Kier alpha value is -4.85. The van der Waals surface area contributed by atoms with Gasteiger partial charge in [0.15, 0.2) is 0 Å². The molecule has 12 nitrogen and oxygen atoms in total. The highest BCUT2D eigenvalue weighted by molar-refractivity contribution is 7.89. The van der Waals surface area contributed by atoms with E-state index in [0.717, 1.165) is 47.7 Å². The Balaban J connectivity index is 1.24. The number of sulfonamides is 1. The number of amides is 3. The number of aromatic nitrogens is 1. The molecule has 2 aliphatic rings. The molecule has 0 radical (unpaired) electrons. The largest absolute Gasteiger partial charge is 0.411 e. The minimum atomic E-state index is -4.06. The third kappa shape index (κ3) is 9.52. The molecule has 4 aromatic rings. The number of hydrogen-bond acceptors (Lipinski definition) is 8. The Bertz CT molecular complexity index is 2040. The molecule has 1 aromatic heterocycles. The molecule has 0 bridgehead atoms. The van der Waals surface area contributed by atoms with E-state index in [1.165, 1.54) is 22.7 Å². The van der Waals surface area contributed by atoms with Crippen LogP contribution in [0.25, 0.3) is 10.9 Å². The molecule has 1 aliphatic carbocycles. The van der Waals surface area contributed by atoms with E-state index in [0.29, 0.717) is 31.6 Å². The number of pyridine rings is 1. The van der Waals surface area contributed by atoms with Crippen molar-refractivity contribution in [2.24, 2.45) is 17.0 Å². The fourth-order valence-electron chi connectivity index (χ4n) is 7.89. The van der Waals surface area contributed by atoms with Crippen LogP contribution >= 0.6 is 0 Å². The Morgan fingerprint density at radius 3 is 2.45 bits per heavy atom. The summed E-state index contributed by atoms with van der Waals surface area (Å²) in [4.78, 5) is 36.5. The van der Waals surface area contributed by atoms with E-state index < -0.39 is 28.2 Å². The first-order valence-electron chi connectivity index (χ1n) is 19.3.